The summed E-state index contributed by atoms with van der Waals surface area (Å²) in [5, 5.41) is 9.65. The van der Waals surface area contributed by atoms with Gasteiger partial charge in [-0.25, -0.2) is 0 Å². The summed E-state index contributed by atoms with van der Waals surface area (Å²) in [6.07, 6.45) is 8.82. The molecule has 0 spiro atoms. The summed E-state index contributed by atoms with van der Waals surface area (Å²) in [7, 11) is 0. The van der Waals surface area contributed by atoms with Crippen LogP contribution in [0.2, 0.25) is 0 Å². The highest BCUT2D eigenvalue weighted by Gasteiger charge is 2.25. The number of hydrogen-bond donors (Lipinski definition) is 0. The van der Waals surface area contributed by atoms with Crippen LogP contribution in [0.5, 0.6) is 0 Å². The second-order valence-electron chi connectivity index (χ2n) is 6.74. The molecule has 0 fully saturated rings. The van der Waals surface area contributed by atoms with Crippen LogP contribution in [0, 0.1) is 24.7 Å². The minimum Gasteiger partial charge on any atom is -0.369 e. The summed E-state index contributed by atoms with van der Waals surface area (Å²) in [4.78, 5) is 1.10. The predicted octanol–water partition coefficient (Wildman–Crippen LogP) is 4.91. The molecule has 0 N–H and O–H groups in total. The van der Waals surface area contributed by atoms with E-state index in [2.05, 4.69) is 66.1 Å². The standard InChI is InChI=1S/C22H25N3OS/c1-6-8-9-17(7-2)12-18-19-13-26-14-21-24-23-16(5)25(21)22(19)27-20(18)11-10-15(3)4/h6-9,15H,1,12-14H2,2-5H3/b9-8-,17-7+. The third kappa shape index (κ3) is 4.13. The van der Waals surface area contributed by atoms with Crippen molar-refractivity contribution in [1.29, 1.82) is 0 Å². The van der Waals surface area contributed by atoms with Gasteiger partial charge in [0.2, 0.25) is 0 Å². The van der Waals surface area contributed by atoms with Crippen molar-refractivity contribution in [3.8, 4) is 16.8 Å². The summed E-state index contributed by atoms with van der Waals surface area (Å²) in [5.41, 5.74) is 3.67. The van der Waals surface area contributed by atoms with E-state index in [1.165, 1.54) is 16.7 Å². The van der Waals surface area contributed by atoms with E-state index in [9.17, 15) is 0 Å². The van der Waals surface area contributed by atoms with E-state index < -0.39 is 0 Å². The van der Waals surface area contributed by atoms with E-state index in [0.717, 1.165) is 27.9 Å². The van der Waals surface area contributed by atoms with Gasteiger partial charge in [-0.15, -0.1) is 21.5 Å². The topological polar surface area (TPSA) is 39.9 Å². The molecule has 27 heavy (non-hydrogen) atoms. The van der Waals surface area contributed by atoms with Gasteiger partial charge in [0.15, 0.2) is 5.82 Å². The normalized spacial score (nSPS) is 13.9. The Kier molecular flexibility index (Phi) is 6.10. The summed E-state index contributed by atoms with van der Waals surface area (Å²) in [6.45, 7) is 13.1. The quantitative estimate of drug-likeness (QED) is 0.560. The number of nitrogens with zero attached hydrogens (tertiary/aromatic N) is 3. The minimum absolute atomic E-state index is 0.324. The molecule has 1 aliphatic heterocycles. The molecule has 0 unspecified atom stereocenters. The Morgan fingerprint density at radius 1 is 1.37 bits per heavy atom. The zero-order valence-electron chi connectivity index (χ0n) is 16.4. The lowest BCUT2D eigenvalue weighted by molar-refractivity contribution is 0.104. The number of aryl methyl sites for hydroxylation is 1. The fourth-order valence-corrected chi connectivity index (χ4v) is 4.23. The van der Waals surface area contributed by atoms with Crippen molar-refractivity contribution in [1.82, 2.24) is 14.8 Å². The molecule has 0 aliphatic carbocycles. The second kappa shape index (κ2) is 8.51. The van der Waals surface area contributed by atoms with E-state index >= 15 is 0 Å². The van der Waals surface area contributed by atoms with Gasteiger partial charge < -0.3 is 4.74 Å². The molecule has 3 rings (SSSR count). The number of allylic oxidation sites excluding steroid dienone is 5. The largest absolute Gasteiger partial charge is 0.369 e. The molecule has 2 aromatic heterocycles. The third-order valence-electron chi connectivity index (χ3n) is 4.34. The average molecular weight is 380 g/mol. The minimum atomic E-state index is 0.324. The molecule has 0 amide bonds. The van der Waals surface area contributed by atoms with Crippen LogP contribution in [-0.2, 0) is 24.4 Å². The Labute approximate surface area is 165 Å². The molecule has 0 saturated heterocycles. The Bertz CT molecular complexity index is 964. The molecule has 0 saturated carbocycles. The van der Waals surface area contributed by atoms with Crippen LogP contribution in [0.15, 0.2) is 36.5 Å². The number of thiophene rings is 1. The number of ether oxygens (including phenoxy) is 1. The third-order valence-corrected chi connectivity index (χ3v) is 5.52. The Balaban J connectivity index is 2.16. The van der Waals surface area contributed by atoms with Crippen molar-refractivity contribution in [3.63, 3.8) is 0 Å². The van der Waals surface area contributed by atoms with Crippen molar-refractivity contribution in [2.75, 3.05) is 0 Å². The van der Waals surface area contributed by atoms with Gasteiger partial charge in [0.05, 0.1) is 11.5 Å². The van der Waals surface area contributed by atoms with E-state index in [1.807, 2.05) is 13.0 Å². The monoisotopic (exact) mass is 379 g/mol. The van der Waals surface area contributed by atoms with Gasteiger partial charge >= 0.3 is 0 Å². The fraction of sp³-hybridized carbons (Fsp3) is 0.364. The van der Waals surface area contributed by atoms with Gasteiger partial charge in [0.25, 0.3) is 0 Å². The molecule has 0 aromatic carbocycles. The molecular formula is C22H25N3OS. The van der Waals surface area contributed by atoms with E-state index in [-0.39, 0.29) is 0 Å². The van der Waals surface area contributed by atoms with Gasteiger partial charge in [-0.2, -0.15) is 0 Å². The van der Waals surface area contributed by atoms with Crippen LogP contribution in [0.25, 0.3) is 5.00 Å². The molecule has 140 valence electrons. The molecule has 1 aliphatic rings. The summed E-state index contributed by atoms with van der Waals surface area (Å²) < 4.78 is 8.04. The summed E-state index contributed by atoms with van der Waals surface area (Å²) in [6, 6.07) is 0. The maximum absolute atomic E-state index is 5.92. The van der Waals surface area contributed by atoms with Crippen LogP contribution in [0.4, 0.5) is 0 Å². The lowest BCUT2D eigenvalue weighted by Gasteiger charge is -2.07. The van der Waals surface area contributed by atoms with Crippen LogP contribution in [0.1, 0.15) is 48.4 Å². The van der Waals surface area contributed by atoms with Gasteiger partial charge in [0.1, 0.15) is 17.4 Å². The van der Waals surface area contributed by atoms with Gasteiger partial charge in [-0.05, 0) is 31.4 Å². The van der Waals surface area contributed by atoms with Crippen molar-refractivity contribution in [3.05, 3.63) is 64.1 Å². The van der Waals surface area contributed by atoms with Gasteiger partial charge in [-0.3, -0.25) is 4.57 Å². The maximum atomic E-state index is 5.92. The molecular weight excluding hydrogens is 354 g/mol. The molecule has 0 radical (unpaired) electrons. The average Bonchev–Trinajstić information content (AvgIpc) is 3.10. The number of rotatable bonds is 4. The molecule has 0 atom stereocenters. The number of fused-ring (bicyclic) bond motifs is 3. The zero-order valence-corrected chi connectivity index (χ0v) is 17.2. The van der Waals surface area contributed by atoms with Crippen LogP contribution in [0.3, 0.4) is 0 Å². The highest BCUT2D eigenvalue weighted by Crippen LogP contribution is 2.37. The highest BCUT2D eigenvalue weighted by molar-refractivity contribution is 7.15. The molecule has 0 bridgehead atoms. The molecule has 2 aromatic rings. The highest BCUT2D eigenvalue weighted by atomic mass is 32.1. The first kappa shape index (κ1) is 19.3. The number of hydrogen-bond acceptors (Lipinski definition) is 4. The SMILES string of the molecule is C=C/C=C\C(=C/C)Cc1c(C#CC(C)C)sc2c1COCc1nnc(C)n1-2. The van der Waals surface area contributed by atoms with Gasteiger partial charge in [0, 0.05) is 11.5 Å². The smallest absolute Gasteiger partial charge is 0.164 e. The van der Waals surface area contributed by atoms with E-state index in [4.69, 9.17) is 4.74 Å². The van der Waals surface area contributed by atoms with Crippen molar-refractivity contribution >= 4 is 11.3 Å². The number of aromatic nitrogens is 3. The van der Waals surface area contributed by atoms with Crippen LogP contribution >= 0.6 is 11.3 Å². The first-order valence-corrected chi connectivity index (χ1v) is 9.96. The second-order valence-corrected chi connectivity index (χ2v) is 7.74. The van der Waals surface area contributed by atoms with Crippen molar-refractivity contribution in [2.24, 2.45) is 5.92 Å². The summed E-state index contributed by atoms with van der Waals surface area (Å²) in [5.74, 6) is 8.78. The zero-order chi connectivity index (χ0) is 19.4. The predicted molar refractivity (Wildman–Crippen MR) is 111 cm³/mol. The van der Waals surface area contributed by atoms with Crippen molar-refractivity contribution < 1.29 is 4.74 Å². The molecule has 4 nitrogen and oxygen atoms in total. The lowest BCUT2D eigenvalue weighted by atomic mass is 10.0. The Morgan fingerprint density at radius 3 is 2.89 bits per heavy atom. The van der Waals surface area contributed by atoms with Crippen LogP contribution < -0.4 is 0 Å². The lowest BCUT2D eigenvalue weighted by Crippen LogP contribution is -2.00. The van der Waals surface area contributed by atoms with E-state index in [1.54, 1.807) is 17.4 Å². The first-order valence-electron chi connectivity index (χ1n) is 9.14. The van der Waals surface area contributed by atoms with Crippen LogP contribution in [-0.4, -0.2) is 14.8 Å². The maximum Gasteiger partial charge on any atom is 0.164 e. The Morgan fingerprint density at radius 2 is 2.19 bits per heavy atom. The molecule has 3 heterocycles. The van der Waals surface area contributed by atoms with Gasteiger partial charge in [-0.1, -0.05) is 56.6 Å². The first-order chi connectivity index (χ1) is 13.0. The fourth-order valence-electron chi connectivity index (χ4n) is 2.97. The van der Waals surface area contributed by atoms with E-state index in [0.29, 0.717) is 19.1 Å². The molecule has 5 heteroatoms. The Hall–Kier alpha value is -2.42. The van der Waals surface area contributed by atoms with Crippen molar-refractivity contribution in [2.45, 2.75) is 47.3 Å². The summed E-state index contributed by atoms with van der Waals surface area (Å²) >= 11 is 1.71.